The highest BCUT2D eigenvalue weighted by molar-refractivity contribution is 7.17. The summed E-state index contributed by atoms with van der Waals surface area (Å²) in [5.74, 6) is -0.0980. The Morgan fingerprint density at radius 3 is 2.17 bits per heavy atom. The first-order valence-corrected chi connectivity index (χ1v) is 11.2. The molecule has 0 unspecified atom stereocenters. The van der Waals surface area contributed by atoms with Crippen molar-refractivity contribution in [2.24, 2.45) is 5.92 Å². The summed E-state index contributed by atoms with van der Waals surface area (Å²) < 4.78 is 0. The number of fused-ring (bicyclic) bond motifs is 1. The molecule has 0 radical (unpaired) electrons. The molecule has 1 heterocycles. The molecule has 2 amide bonds. The first-order valence-electron chi connectivity index (χ1n) is 10.4. The maximum atomic E-state index is 13.5. The Morgan fingerprint density at radius 1 is 1.00 bits per heavy atom. The fourth-order valence-electron chi connectivity index (χ4n) is 4.17. The van der Waals surface area contributed by atoms with Crippen molar-refractivity contribution < 1.29 is 9.59 Å². The van der Waals surface area contributed by atoms with E-state index in [4.69, 9.17) is 0 Å². The molecule has 1 aliphatic rings. The quantitative estimate of drug-likeness (QED) is 0.612. The highest BCUT2D eigenvalue weighted by atomic mass is 32.1. The van der Waals surface area contributed by atoms with Crippen molar-refractivity contribution in [3.8, 4) is 0 Å². The summed E-state index contributed by atoms with van der Waals surface area (Å²) in [6, 6.07) is 19.6. The van der Waals surface area contributed by atoms with E-state index in [0.717, 1.165) is 36.0 Å². The molecule has 4 nitrogen and oxygen atoms in total. The third-order valence-electron chi connectivity index (χ3n) is 5.73. The van der Waals surface area contributed by atoms with Crippen LogP contribution in [0.1, 0.15) is 51.2 Å². The maximum Gasteiger partial charge on any atom is 0.254 e. The van der Waals surface area contributed by atoms with Crippen LogP contribution in [0.3, 0.4) is 0 Å². The molecule has 2 N–H and O–H groups in total. The van der Waals surface area contributed by atoms with Gasteiger partial charge in [0.1, 0.15) is 5.00 Å². The molecule has 0 saturated carbocycles. The Morgan fingerprint density at radius 2 is 1.60 bits per heavy atom. The fraction of sp³-hybridized carbons (Fsp3) is 0.280. The average Bonchev–Trinajstić information content (AvgIpc) is 3.11. The molecule has 4 rings (SSSR count). The molecule has 0 saturated heterocycles. The minimum Gasteiger partial charge on any atom is -0.355 e. The van der Waals surface area contributed by atoms with Gasteiger partial charge in [0.25, 0.3) is 5.91 Å². The van der Waals surface area contributed by atoms with Crippen LogP contribution < -0.4 is 10.6 Å². The van der Waals surface area contributed by atoms with Crippen molar-refractivity contribution in [1.82, 2.24) is 5.32 Å². The lowest BCUT2D eigenvalue weighted by Gasteiger charge is -2.19. The lowest BCUT2D eigenvalue weighted by Crippen LogP contribution is -2.25. The summed E-state index contributed by atoms with van der Waals surface area (Å²) >= 11 is 1.55. The molecular formula is C25H26N2O2S. The molecule has 30 heavy (non-hydrogen) atoms. The van der Waals surface area contributed by atoms with Gasteiger partial charge in [-0.2, -0.15) is 0 Å². The minimum atomic E-state index is -0.442. The Hall–Kier alpha value is -2.92. The van der Waals surface area contributed by atoms with Gasteiger partial charge in [0, 0.05) is 11.9 Å². The molecule has 0 spiro atoms. The Labute approximate surface area is 181 Å². The van der Waals surface area contributed by atoms with Gasteiger partial charge in [0.2, 0.25) is 5.91 Å². The molecule has 0 aliphatic heterocycles. The van der Waals surface area contributed by atoms with E-state index in [1.165, 1.54) is 4.88 Å². The van der Waals surface area contributed by atoms with Crippen LogP contribution in [0.4, 0.5) is 5.00 Å². The van der Waals surface area contributed by atoms with E-state index in [9.17, 15) is 9.59 Å². The SMILES string of the molecule is CNC(=O)c1c(NC(=O)C(c2ccccc2)c2ccccc2)sc2c1CC[C@@H](C)C2. The standard InChI is InChI=1S/C25H26N2O2S/c1-16-13-14-19-20(15-16)30-25(22(19)23(28)26-2)27-24(29)21(17-9-5-3-6-10-17)18-11-7-4-8-12-18/h3-12,16,21H,13-15H2,1-2H3,(H,26,28)(H,27,29)/t16-/m1/s1. The van der Waals surface area contributed by atoms with Crippen molar-refractivity contribution in [1.29, 1.82) is 0 Å². The Kier molecular flexibility index (Phi) is 6.00. The zero-order chi connectivity index (χ0) is 21.1. The van der Waals surface area contributed by atoms with Gasteiger partial charge in [-0.15, -0.1) is 11.3 Å². The fourth-order valence-corrected chi connectivity index (χ4v) is 5.59. The first-order chi connectivity index (χ1) is 14.6. The number of nitrogens with one attached hydrogen (secondary N) is 2. The van der Waals surface area contributed by atoms with E-state index in [-0.39, 0.29) is 11.8 Å². The van der Waals surface area contributed by atoms with Gasteiger partial charge < -0.3 is 10.6 Å². The van der Waals surface area contributed by atoms with Crippen LogP contribution >= 0.6 is 11.3 Å². The molecule has 154 valence electrons. The number of hydrogen-bond donors (Lipinski definition) is 2. The van der Waals surface area contributed by atoms with Gasteiger partial charge in [0.15, 0.2) is 0 Å². The monoisotopic (exact) mass is 418 g/mol. The zero-order valence-electron chi connectivity index (χ0n) is 17.3. The predicted octanol–water partition coefficient (Wildman–Crippen LogP) is 5.00. The molecule has 2 aromatic carbocycles. The van der Waals surface area contributed by atoms with E-state index in [1.807, 2.05) is 60.7 Å². The molecular weight excluding hydrogens is 392 g/mol. The summed E-state index contributed by atoms with van der Waals surface area (Å²) in [6.45, 7) is 2.24. The summed E-state index contributed by atoms with van der Waals surface area (Å²) in [4.78, 5) is 27.4. The highest BCUT2D eigenvalue weighted by Crippen LogP contribution is 2.40. The van der Waals surface area contributed by atoms with Crippen LogP contribution in [0.2, 0.25) is 0 Å². The van der Waals surface area contributed by atoms with E-state index in [0.29, 0.717) is 16.5 Å². The van der Waals surface area contributed by atoms with Crippen LogP contribution in [0.25, 0.3) is 0 Å². The number of hydrogen-bond acceptors (Lipinski definition) is 3. The van der Waals surface area contributed by atoms with Gasteiger partial charge in [-0.05, 0) is 41.9 Å². The van der Waals surface area contributed by atoms with Gasteiger partial charge in [-0.3, -0.25) is 9.59 Å². The number of benzene rings is 2. The van der Waals surface area contributed by atoms with E-state index in [2.05, 4.69) is 17.6 Å². The van der Waals surface area contributed by atoms with Crippen molar-refractivity contribution in [2.45, 2.75) is 32.1 Å². The number of anilines is 1. The molecule has 5 heteroatoms. The van der Waals surface area contributed by atoms with Crippen molar-refractivity contribution >= 4 is 28.2 Å². The van der Waals surface area contributed by atoms with Crippen LogP contribution in [-0.2, 0) is 17.6 Å². The van der Waals surface area contributed by atoms with Crippen LogP contribution in [-0.4, -0.2) is 18.9 Å². The number of rotatable bonds is 5. The lowest BCUT2D eigenvalue weighted by molar-refractivity contribution is -0.116. The molecule has 1 aromatic heterocycles. The van der Waals surface area contributed by atoms with Crippen LogP contribution in [0.5, 0.6) is 0 Å². The van der Waals surface area contributed by atoms with Gasteiger partial charge in [0.05, 0.1) is 11.5 Å². The van der Waals surface area contributed by atoms with Crippen LogP contribution in [0, 0.1) is 5.92 Å². The normalized spacial score (nSPS) is 15.5. The number of thiophene rings is 1. The summed E-state index contributed by atoms with van der Waals surface area (Å²) in [5, 5.41) is 6.53. The van der Waals surface area contributed by atoms with Crippen LogP contribution in [0.15, 0.2) is 60.7 Å². The van der Waals surface area contributed by atoms with Crippen molar-refractivity contribution in [3.63, 3.8) is 0 Å². The second kappa shape index (κ2) is 8.84. The van der Waals surface area contributed by atoms with Gasteiger partial charge in [-0.25, -0.2) is 0 Å². The minimum absolute atomic E-state index is 0.121. The van der Waals surface area contributed by atoms with Gasteiger partial charge in [-0.1, -0.05) is 67.6 Å². The molecule has 1 aliphatic carbocycles. The second-order valence-electron chi connectivity index (χ2n) is 7.88. The van der Waals surface area contributed by atoms with E-state index < -0.39 is 5.92 Å². The third-order valence-corrected chi connectivity index (χ3v) is 6.90. The zero-order valence-corrected chi connectivity index (χ0v) is 18.1. The van der Waals surface area contributed by atoms with Gasteiger partial charge >= 0.3 is 0 Å². The third kappa shape index (κ3) is 4.03. The Balaban J connectivity index is 1.72. The molecule has 3 aromatic rings. The molecule has 0 bridgehead atoms. The molecule has 1 atom stereocenters. The summed E-state index contributed by atoms with van der Waals surface area (Å²) in [5.41, 5.74) is 3.59. The largest absolute Gasteiger partial charge is 0.355 e. The highest BCUT2D eigenvalue weighted by Gasteiger charge is 2.30. The topological polar surface area (TPSA) is 58.2 Å². The number of carbonyl (C=O) groups is 2. The smallest absolute Gasteiger partial charge is 0.254 e. The lowest BCUT2D eigenvalue weighted by atomic mass is 9.88. The summed E-state index contributed by atoms with van der Waals surface area (Å²) in [6.07, 6.45) is 2.91. The summed E-state index contributed by atoms with van der Waals surface area (Å²) in [7, 11) is 1.64. The Bertz CT molecular complexity index is 1000. The van der Waals surface area contributed by atoms with Crippen molar-refractivity contribution in [3.05, 3.63) is 87.8 Å². The average molecular weight is 419 g/mol. The van der Waals surface area contributed by atoms with Crippen molar-refractivity contribution in [2.75, 3.05) is 12.4 Å². The predicted molar refractivity (Wildman–Crippen MR) is 122 cm³/mol. The maximum absolute atomic E-state index is 13.5. The number of carbonyl (C=O) groups excluding carboxylic acids is 2. The number of amides is 2. The second-order valence-corrected chi connectivity index (χ2v) is 8.98. The van der Waals surface area contributed by atoms with E-state index in [1.54, 1.807) is 18.4 Å². The molecule has 0 fully saturated rings. The van der Waals surface area contributed by atoms with E-state index >= 15 is 0 Å². The first kappa shape index (κ1) is 20.4.